The van der Waals surface area contributed by atoms with Gasteiger partial charge in [-0.1, -0.05) is 12.5 Å². The fourth-order valence-corrected chi connectivity index (χ4v) is 4.37. The molecule has 1 aliphatic heterocycles. The molecule has 2 aliphatic rings. The maximum absolute atomic E-state index is 13.4. The van der Waals surface area contributed by atoms with Gasteiger partial charge >= 0.3 is 11.8 Å². The van der Waals surface area contributed by atoms with Gasteiger partial charge in [0.1, 0.15) is 6.04 Å². The van der Waals surface area contributed by atoms with Gasteiger partial charge in [0, 0.05) is 30.3 Å². The molecule has 30 heavy (non-hydrogen) atoms. The first-order valence-corrected chi connectivity index (χ1v) is 10.3. The number of carbonyl (C=O) groups is 1. The van der Waals surface area contributed by atoms with Crippen molar-refractivity contribution in [3.05, 3.63) is 65.1 Å². The highest BCUT2D eigenvalue weighted by atomic mass is 16.4. The summed E-state index contributed by atoms with van der Waals surface area (Å²) in [5.41, 5.74) is 4.61. The van der Waals surface area contributed by atoms with E-state index in [1.165, 1.54) is 6.42 Å². The van der Waals surface area contributed by atoms with Crippen molar-refractivity contribution in [2.45, 2.75) is 44.6 Å². The second-order valence-electron chi connectivity index (χ2n) is 8.06. The number of aromatic amines is 1. The summed E-state index contributed by atoms with van der Waals surface area (Å²) in [6.45, 7) is 2.53. The van der Waals surface area contributed by atoms with Crippen LogP contribution in [0.25, 0.3) is 5.52 Å². The van der Waals surface area contributed by atoms with E-state index in [1.54, 1.807) is 11.2 Å². The van der Waals surface area contributed by atoms with Crippen LogP contribution in [0.1, 0.15) is 70.6 Å². The van der Waals surface area contributed by atoms with Crippen molar-refractivity contribution < 1.29 is 9.21 Å². The van der Waals surface area contributed by atoms with Crippen LogP contribution in [0.5, 0.6) is 0 Å². The maximum atomic E-state index is 13.4. The smallest absolute Gasteiger partial charge is 0.312 e. The molecule has 4 aromatic rings. The molecule has 1 fully saturated rings. The molecule has 1 N–H and O–H groups in total. The molecule has 0 aromatic carbocycles. The van der Waals surface area contributed by atoms with E-state index in [0.29, 0.717) is 18.9 Å². The Bertz CT molecular complexity index is 1250. The summed E-state index contributed by atoms with van der Waals surface area (Å²) in [5.74, 6) is 0.624. The number of carbonyl (C=O) groups excluding carboxylic acids is 1. The zero-order valence-electron chi connectivity index (χ0n) is 16.6. The fraction of sp³-hybridized carbons (Fsp3) is 0.381. The Morgan fingerprint density at radius 3 is 2.97 bits per heavy atom. The molecule has 0 saturated heterocycles. The lowest BCUT2D eigenvalue weighted by Gasteiger charge is -2.32. The van der Waals surface area contributed by atoms with Crippen molar-refractivity contribution in [3.63, 3.8) is 0 Å². The topological polar surface area (TPSA) is 105 Å². The van der Waals surface area contributed by atoms with Crippen molar-refractivity contribution in [3.8, 4) is 0 Å². The predicted molar refractivity (Wildman–Crippen MR) is 106 cm³/mol. The molecule has 1 aliphatic carbocycles. The Labute approximate surface area is 172 Å². The minimum atomic E-state index is -0.411. The van der Waals surface area contributed by atoms with Gasteiger partial charge in [-0.25, -0.2) is 9.50 Å². The monoisotopic (exact) mass is 403 g/mol. The zero-order valence-corrected chi connectivity index (χ0v) is 16.6. The van der Waals surface area contributed by atoms with Crippen LogP contribution in [0.4, 0.5) is 0 Å². The fourth-order valence-electron chi connectivity index (χ4n) is 4.37. The van der Waals surface area contributed by atoms with E-state index in [9.17, 15) is 4.79 Å². The number of nitrogens with zero attached hydrogens (tertiary/aromatic N) is 6. The van der Waals surface area contributed by atoms with Gasteiger partial charge < -0.3 is 14.3 Å². The minimum absolute atomic E-state index is 0.0424. The number of aryl methyl sites for hydroxylation is 1. The van der Waals surface area contributed by atoms with Crippen molar-refractivity contribution in [1.29, 1.82) is 0 Å². The number of pyridine rings is 1. The molecular formula is C21H21N7O2. The third-order valence-corrected chi connectivity index (χ3v) is 6.24. The van der Waals surface area contributed by atoms with Crippen LogP contribution in [0.3, 0.4) is 0 Å². The molecule has 9 nitrogen and oxygen atoms in total. The highest BCUT2D eigenvalue weighted by molar-refractivity contribution is 5.90. The van der Waals surface area contributed by atoms with E-state index < -0.39 is 6.04 Å². The van der Waals surface area contributed by atoms with E-state index in [-0.39, 0.29) is 17.7 Å². The van der Waals surface area contributed by atoms with E-state index in [0.717, 1.165) is 41.1 Å². The van der Waals surface area contributed by atoms with Crippen molar-refractivity contribution in [1.82, 2.24) is 34.7 Å². The standard InChI is InChI=1S/C21H21N7O2/c1-12-4-2-7-14-10-16(26-28(12)14)18-17-15(22-11-23-17)8-9-27(18)21(29)20-25-24-19(30-20)13-5-3-6-13/h2,4,7,10-11,13,18H,3,5-6,8-9H2,1H3,(H,22,23). The summed E-state index contributed by atoms with van der Waals surface area (Å²) < 4.78 is 7.66. The zero-order chi connectivity index (χ0) is 20.2. The van der Waals surface area contributed by atoms with Gasteiger partial charge in [0.05, 0.1) is 23.2 Å². The first-order chi connectivity index (χ1) is 14.7. The maximum Gasteiger partial charge on any atom is 0.312 e. The molecule has 0 bridgehead atoms. The Kier molecular flexibility index (Phi) is 3.77. The molecular weight excluding hydrogens is 382 g/mol. The van der Waals surface area contributed by atoms with Crippen LogP contribution in [0.2, 0.25) is 0 Å². The quantitative estimate of drug-likeness (QED) is 0.564. The van der Waals surface area contributed by atoms with Crippen LogP contribution in [0, 0.1) is 6.92 Å². The van der Waals surface area contributed by atoms with Gasteiger partial charge in [0.15, 0.2) is 0 Å². The van der Waals surface area contributed by atoms with Crippen LogP contribution in [-0.2, 0) is 6.42 Å². The Hall–Kier alpha value is -3.49. The summed E-state index contributed by atoms with van der Waals surface area (Å²) in [4.78, 5) is 22.9. The molecule has 1 saturated carbocycles. The number of rotatable bonds is 3. The molecule has 1 atom stereocenters. The SMILES string of the molecule is Cc1cccc2cc(C3c4nc[nH]c4CCN3C(=O)c3nnc(C4CCC4)o3)nn12. The third-order valence-electron chi connectivity index (χ3n) is 6.24. The molecule has 0 spiro atoms. The normalized spacial score (nSPS) is 19.1. The Morgan fingerprint density at radius 2 is 2.17 bits per heavy atom. The first-order valence-electron chi connectivity index (χ1n) is 10.3. The molecule has 4 aromatic heterocycles. The molecule has 152 valence electrons. The van der Waals surface area contributed by atoms with E-state index >= 15 is 0 Å². The highest BCUT2D eigenvalue weighted by Gasteiger charge is 2.38. The lowest BCUT2D eigenvalue weighted by molar-refractivity contribution is 0.0642. The van der Waals surface area contributed by atoms with Gasteiger partial charge in [-0.15, -0.1) is 10.2 Å². The number of imidazole rings is 1. The van der Waals surface area contributed by atoms with Gasteiger partial charge in [-0.2, -0.15) is 5.10 Å². The van der Waals surface area contributed by atoms with E-state index in [4.69, 9.17) is 9.52 Å². The molecule has 1 amide bonds. The lowest BCUT2D eigenvalue weighted by atomic mass is 9.85. The number of hydrogen-bond acceptors (Lipinski definition) is 6. The molecule has 1 unspecified atom stereocenters. The van der Waals surface area contributed by atoms with Crippen LogP contribution >= 0.6 is 0 Å². The van der Waals surface area contributed by atoms with Gasteiger partial charge in [-0.05, 0) is 38.0 Å². The Balaban J connectivity index is 1.41. The third kappa shape index (κ3) is 2.58. The Morgan fingerprint density at radius 1 is 1.27 bits per heavy atom. The van der Waals surface area contributed by atoms with Crippen molar-refractivity contribution in [2.24, 2.45) is 0 Å². The molecule has 5 heterocycles. The number of nitrogens with one attached hydrogen (secondary N) is 1. The molecule has 6 rings (SSSR count). The van der Waals surface area contributed by atoms with Gasteiger partial charge in [-0.3, -0.25) is 4.79 Å². The number of hydrogen-bond donors (Lipinski definition) is 1. The van der Waals surface area contributed by atoms with E-state index in [2.05, 4.69) is 20.2 Å². The van der Waals surface area contributed by atoms with Crippen LogP contribution < -0.4 is 0 Å². The summed E-state index contributed by atoms with van der Waals surface area (Å²) in [5, 5.41) is 13.0. The number of aromatic nitrogens is 6. The first kappa shape index (κ1) is 17.4. The summed E-state index contributed by atoms with van der Waals surface area (Å²) in [6.07, 6.45) is 5.61. The number of H-pyrrole nitrogens is 1. The predicted octanol–water partition coefficient (Wildman–Crippen LogP) is 2.80. The average molecular weight is 403 g/mol. The van der Waals surface area contributed by atoms with Gasteiger partial charge in [0.2, 0.25) is 5.89 Å². The lowest BCUT2D eigenvalue weighted by Crippen LogP contribution is -2.41. The van der Waals surface area contributed by atoms with Crippen molar-refractivity contribution >= 4 is 11.4 Å². The highest BCUT2D eigenvalue weighted by Crippen LogP contribution is 2.37. The summed E-state index contributed by atoms with van der Waals surface area (Å²) in [6, 6.07) is 7.61. The molecule has 0 radical (unpaired) electrons. The second-order valence-corrected chi connectivity index (χ2v) is 8.06. The van der Waals surface area contributed by atoms with Gasteiger partial charge in [0.25, 0.3) is 0 Å². The number of fused-ring (bicyclic) bond motifs is 2. The second kappa shape index (κ2) is 6.51. The minimum Gasteiger partial charge on any atom is -0.417 e. The van der Waals surface area contributed by atoms with Crippen LogP contribution in [0.15, 0.2) is 35.0 Å². The number of amides is 1. The largest absolute Gasteiger partial charge is 0.417 e. The average Bonchev–Trinajstić information content (AvgIpc) is 3.44. The van der Waals surface area contributed by atoms with E-state index in [1.807, 2.05) is 35.7 Å². The summed E-state index contributed by atoms with van der Waals surface area (Å²) in [7, 11) is 0. The summed E-state index contributed by atoms with van der Waals surface area (Å²) >= 11 is 0. The van der Waals surface area contributed by atoms with Crippen molar-refractivity contribution in [2.75, 3.05) is 6.54 Å². The van der Waals surface area contributed by atoms with Crippen LogP contribution in [-0.4, -0.2) is 47.1 Å². The molecule has 9 heteroatoms.